The van der Waals surface area contributed by atoms with E-state index < -0.39 is 17.3 Å². The largest absolute Gasteiger partial charge is 0.416 e. The highest BCUT2D eigenvalue weighted by molar-refractivity contribution is 5.62. The van der Waals surface area contributed by atoms with Crippen LogP contribution in [-0.2, 0) is 6.18 Å². The van der Waals surface area contributed by atoms with E-state index >= 15 is 0 Å². The number of benzene rings is 1. The summed E-state index contributed by atoms with van der Waals surface area (Å²) in [6, 6.07) is 4.24. The predicted octanol–water partition coefficient (Wildman–Crippen LogP) is 2.04. The van der Waals surface area contributed by atoms with Gasteiger partial charge in [-0.3, -0.25) is 9.78 Å². The number of aromatic amines is 1. The van der Waals surface area contributed by atoms with Crippen LogP contribution in [0.15, 0.2) is 35.3 Å². The fourth-order valence-electron chi connectivity index (χ4n) is 1.45. The molecule has 0 aliphatic carbocycles. The van der Waals surface area contributed by atoms with Gasteiger partial charge in [0.2, 0.25) is 0 Å². The molecule has 0 saturated heterocycles. The van der Waals surface area contributed by atoms with Gasteiger partial charge in [0.15, 0.2) is 5.95 Å². The topological polar surface area (TPSA) is 71.8 Å². The van der Waals surface area contributed by atoms with E-state index in [1.54, 1.807) is 0 Å². The van der Waals surface area contributed by atoms with Crippen LogP contribution in [0.1, 0.15) is 5.56 Å². The predicted molar refractivity (Wildman–Crippen MR) is 59.7 cm³/mol. The van der Waals surface area contributed by atoms with Crippen LogP contribution in [0.2, 0.25) is 0 Å². The molecule has 18 heavy (non-hydrogen) atoms. The van der Waals surface area contributed by atoms with Gasteiger partial charge in [-0.25, -0.2) is 4.98 Å². The highest BCUT2D eigenvalue weighted by atomic mass is 19.4. The number of hydrogen-bond donors (Lipinski definition) is 2. The minimum absolute atomic E-state index is 0.0457. The number of nitrogens with two attached hydrogens (primary N) is 1. The lowest BCUT2D eigenvalue weighted by molar-refractivity contribution is -0.137. The fourth-order valence-corrected chi connectivity index (χ4v) is 1.45. The van der Waals surface area contributed by atoms with Crippen molar-refractivity contribution in [1.29, 1.82) is 0 Å². The average molecular weight is 255 g/mol. The van der Waals surface area contributed by atoms with Gasteiger partial charge in [-0.15, -0.1) is 0 Å². The van der Waals surface area contributed by atoms with Crippen molar-refractivity contribution < 1.29 is 13.2 Å². The van der Waals surface area contributed by atoms with Gasteiger partial charge in [0.25, 0.3) is 5.56 Å². The molecule has 4 nitrogen and oxygen atoms in total. The fraction of sp³-hybridized carbons (Fsp3) is 0.0909. The molecule has 0 bridgehead atoms. The van der Waals surface area contributed by atoms with E-state index in [4.69, 9.17) is 5.73 Å². The SMILES string of the molecule is Nc1ncc(-c2ccc(C(F)(F)F)cc2)c(=O)[nH]1. The van der Waals surface area contributed by atoms with E-state index in [-0.39, 0.29) is 11.5 Å². The molecular weight excluding hydrogens is 247 g/mol. The number of nitrogens with one attached hydrogen (secondary N) is 1. The summed E-state index contributed by atoms with van der Waals surface area (Å²) < 4.78 is 37.1. The van der Waals surface area contributed by atoms with E-state index in [2.05, 4.69) is 9.97 Å². The number of nitrogens with zero attached hydrogens (tertiary/aromatic N) is 1. The lowest BCUT2D eigenvalue weighted by atomic mass is 10.1. The summed E-state index contributed by atoms with van der Waals surface area (Å²) in [5.74, 6) is -0.0457. The Morgan fingerprint density at radius 1 is 1.17 bits per heavy atom. The van der Waals surface area contributed by atoms with Crippen molar-refractivity contribution in [3.8, 4) is 11.1 Å². The molecule has 0 fully saturated rings. The molecule has 94 valence electrons. The normalized spacial score (nSPS) is 11.5. The van der Waals surface area contributed by atoms with Gasteiger partial charge in [0.1, 0.15) is 0 Å². The number of nitrogen functional groups attached to an aromatic ring is 1. The molecule has 2 rings (SSSR count). The molecule has 1 heterocycles. The summed E-state index contributed by atoms with van der Waals surface area (Å²) in [6.45, 7) is 0. The van der Waals surface area contributed by atoms with Crippen LogP contribution < -0.4 is 11.3 Å². The number of aromatic nitrogens is 2. The van der Waals surface area contributed by atoms with Crippen LogP contribution in [0, 0.1) is 0 Å². The zero-order chi connectivity index (χ0) is 13.3. The standard InChI is InChI=1S/C11H8F3N3O/c12-11(13,14)7-3-1-6(2-4-7)8-5-16-10(15)17-9(8)18/h1-5H,(H3,15,16,17,18). The van der Waals surface area contributed by atoms with Gasteiger partial charge < -0.3 is 5.73 Å². The van der Waals surface area contributed by atoms with Crippen molar-refractivity contribution in [2.75, 3.05) is 5.73 Å². The summed E-state index contributed by atoms with van der Waals surface area (Å²) in [4.78, 5) is 17.5. The number of rotatable bonds is 1. The van der Waals surface area contributed by atoms with Crippen molar-refractivity contribution in [3.05, 3.63) is 46.4 Å². The average Bonchev–Trinajstić information content (AvgIpc) is 2.28. The van der Waals surface area contributed by atoms with Crippen molar-refractivity contribution in [2.45, 2.75) is 6.18 Å². The van der Waals surface area contributed by atoms with Gasteiger partial charge in [-0.2, -0.15) is 13.2 Å². The maximum absolute atomic E-state index is 12.4. The van der Waals surface area contributed by atoms with Crippen molar-refractivity contribution in [3.63, 3.8) is 0 Å². The summed E-state index contributed by atoms with van der Waals surface area (Å²) in [5, 5.41) is 0. The third kappa shape index (κ3) is 2.34. The Hall–Kier alpha value is -2.31. The van der Waals surface area contributed by atoms with Crippen LogP contribution in [0.4, 0.5) is 19.1 Å². The molecule has 0 atom stereocenters. The minimum Gasteiger partial charge on any atom is -0.369 e. The number of halogens is 3. The summed E-state index contributed by atoms with van der Waals surface area (Å²) >= 11 is 0. The first-order valence-corrected chi connectivity index (χ1v) is 4.90. The molecule has 0 saturated carbocycles. The van der Waals surface area contributed by atoms with Crippen molar-refractivity contribution >= 4 is 5.95 Å². The second-order valence-electron chi connectivity index (χ2n) is 3.59. The summed E-state index contributed by atoms with van der Waals surface area (Å²) in [6.07, 6.45) is -3.18. The van der Waals surface area contributed by atoms with Crippen molar-refractivity contribution in [1.82, 2.24) is 9.97 Å². The monoisotopic (exact) mass is 255 g/mol. The molecule has 7 heteroatoms. The number of alkyl halides is 3. The number of H-pyrrole nitrogens is 1. The van der Waals surface area contributed by atoms with Crippen LogP contribution in [0.3, 0.4) is 0 Å². The molecule has 0 amide bonds. The molecule has 0 aliphatic rings. The van der Waals surface area contributed by atoms with Gasteiger partial charge in [0, 0.05) is 6.20 Å². The van der Waals surface area contributed by atoms with Gasteiger partial charge in [0.05, 0.1) is 11.1 Å². The van der Waals surface area contributed by atoms with E-state index in [9.17, 15) is 18.0 Å². The molecule has 1 aromatic carbocycles. The maximum atomic E-state index is 12.4. The third-order valence-electron chi connectivity index (χ3n) is 2.34. The maximum Gasteiger partial charge on any atom is 0.416 e. The van der Waals surface area contributed by atoms with E-state index in [0.717, 1.165) is 12.1 Å². The van der Waals surface area contributed by atoms with E-state index in [0.29, 0.717) is 5.56 Å². The first kappa shape index (κ1) is 12.2. The molecule has 0 spiro atoms. The van der Waals surface area contributed by atoms with Crippen LogP contribution in [0.25, 0.3) is 11.1 Å². The van der Waals surface area contributed by atoms with E-state index in [1.807, 2.05) is 0 Å². The molecule has 1 aromatic heterocycles. The summed E-state index contributed by atoms with van der Waals surface area (Å²) in [7, 11) is 0. The number of anilines is 1. The van der Waals surface area contributed by atoms with E-state index in [1.165, 1.54) is 18.3 Å². The highest BCUT2D eigenvalue weighted by Crippen LogP contribution is 2.30. The zero-order valence-corrected chi connectivity index (χ0v) is 8.95. The first-order valence-electron chi connectivity index (χ1n) is 4.90. The van der Waals surface area contributed by atoms with Crippen molar-refractivity contribution in [2.24, 2.45) is 0 Å². The third-order valence-corrected chi connectivity index (χ3v) is 2.34. The Bertz CT molecular complexity index is 617. The number of hydrogen-bond acceptors (Lipinski definition) is 3. The van der Waals surface area contributed by atoms with Gasteiger partial charge >= 0.3 is 6.18 Å². The lowest BCUT2D eigenvalue weighted by Gasteiger charge is -2.07. The Morgan fingerprint density at radius 3 is 2.28 bits per heavy atom. The lowest BCUT2D eigenvalue weighted by Crippen LogP contribution is -2.12. The second kappa shape index (κ2) is 4.17. The Morgan fingerprint density at radius 2 is 1.78 bits per heavy atom. The molecule has 2 aromatic rings. The Labute approximate surface area is 99.3 Å². The highest BCUT2D eigenvalue weighted by Gasteiger charge is 2.30. The second-order valence-corrected chi connectivity index (χ2v) is 3.59. The quantitative estimate of drug-likeness (QED) is 0.819. The van der Waals surface area contributed by atoms with Gasteiger partial charge in [-0.1, -0.05) is 12.1 Å². The van der Waals surface area contributed by atoms with Crippen LogP contribution in [-0.4, -0.2) is 9.97 Å². The smallest absolute Gasteiger partial charge is 0.369 e. The molecule has 0 unspecified atom stereocenters. The summed E-state index contributed by atoms with van der Waals surface area (Å²) in [5.41, 5.74) is 4.51. The van der Waals surface area contributed by atoms with Crippen LogP contribution in [0.5, 0.6) is 0 Å². The molecule has 0 aliphatic heterocycles. The minimum atomic E-state index is -4.40. The Kier molecular flexibility index (Phi) is 2.82. The molecular formula is C11H8F3N3O. The molecule has 3 N–H and O–H groups in total. The molecule has 0 radical (unpaired) electrons. The van der Waals surface area contributed by atoms with Gasteiger partial charge in [-0.05, 0) is 17.7 Å². The first-order chi connectivity index (χ1) is 8.38. The van der Waals surface area contributed by atoms with Crippen LogP contribution >= 0.6 is 0 Å². The Balaban J connectivity index is 2.44. The zero-order valence-electron chi connectivity index (χ0n) is 8.95.